The molecule has 2 rings (SSSR count). The Morgan fingerprint density at radius 2 is 2.05 bits per heavy atom. The normalized spacial score (nSPS) is 14.9. The molecule has 0 aromatic heterocycles. The van der Waals surface area contributed by atoms with Gasteiger partial charge in [-0.05, 0) is 30.0 Å². The van der Waals surface area contributed by atoms with Gasteiger partial charge in [0.2, 0.25) is 0 Å². The fourth-order valence-electron chi connectivity index (χ4n) is 2.56. The van der Waals surface area contributed by atoms with Gasteiger partial charge >= 0.3 is 12.1 Å². The van der Waals surface area contributed by atoms with Gasteiger partial charge in [-0.25, -0.2) is 9.59 Å². The molecule has 0 spiro atoms. The minimum atomic E-state index is -0.861. The van der Waals surface area contributed by atoms with E-state index in [4.69, 9.17) is 4.74 Å². The summed E-state index contributed by atoms with van der Waals surface area (Å²) in [5.41, 5.74) is 3.02. The number of carbonyl (C=O) groups excluding carboxylic acids is 2. The van der Waals surface area contributed by atoms with Gasteiger partial charge in [0.05, 0.1) is 14.2 Å². The summed E-state index contributed by atoms with van der Waals surface area (Å²) in [4.78, 5) is 25.5. The summed E-state index contributed by atoms with van der Waals surface area (Å²) in [5.74, 6) is -0.524. The smallest absolute Gasteiger partial charge is 0.407 e. The van der Waals surface area contributed by atoms with E-state index in [1.54, 1.807) is 0 Å². The molecule has 1 aromatic rings. The van der Waals surface area contributed by atoms with Crippen LogP contribution < -0.4 is 10.2 Å². The number of esters is 1. The first-order valence-corrected chi connectivity index (χ1v) is 6.83. The Morgan fingerprint density at radius 3 is 2.71 bits per heavy atom. The highest BCUT2D eigenvalue weighted by Crippen LogP contribution is 2.29. The molecule has 1 aromatic carbocycles. The lowest BCUT2D eigenvalue weighted by Gasteiger charge is -2.28. The molecule has 6 heteroatoms. The first-order chi connectivity index (χ1) is 10.1. The largest absolute Gasteiger partial charge is 0.467 e. The predicted octanol–water partition coefficient (Wildman–Crippen LogP) is 1.64. The molecule has 1 aliphatic rings. The molecule has 0 unspecified atom stereocenters. The molecule has 1 heterocycles. The van der Waals surface area contributed by atoms with Crippen molar-refractivity contribution in [2.75, 3.05) is 32.7 Å². The van der Waals surface area contributed by atoms with Crippen molar-refractivity contribution in [3.05, 3.63) is 29.3 Å². The van der Waals surface area contributed by atoms with Crippen LogP contribution in [0.3, 0.4) is 0 Å². The van der Waals surface area contributed by atoms with E-state index in [2.05, 4.69) is 15.0 Å². The van der Waals surface area contributed by atoms with Gasteiger partial charge in [-0.2, -0.15) is 0 Å². The van der Waals surface area contributed by atoms with Crippen molar-refractivity contribution in [3.8, 4) is 0 Å². The maximum absolute atomic E-state index is 11.9. The predicted molar refractivity (Wildman–Crippen MR) is 78.3 cm³/mol. The molecule has 1 N–H and O–H groups in total. The van der Waals surface area contributed by atoms with Crippen LogP contribution in [-0.4, -0.2) is 39.9 Å². The van der Waals surface area contributed by atoms with Crippen LogP contribution in [0.5, 0.6) is 0 Å². The summed E-state index contributed by atoms with van der Waals surface area (Å²) in [5, 5.41) is 2.50. The highest BCUT2D eigenvalue weighted by molar-refractivity contribution is 5.83. The topological polar surface area (TPSA) is 67.9 Å². The molecule has 114 valence electrons. The Balaban J connectivity index is 2.32. The molecule has 1 aliphatic heterocycles. The SMILES string of the molecule is COC(=O)N[C@@H](C(=O)OC)c1ccc2c(c1)CCCN2C. The number of aryl methyl sites for hydroxylation is 1. The summed E-state index contributed by atoms with van der Waals surface area (Å²) in [6, 6.07) is 4.89. The molecular weight excluding hydrogens is 272 g/mol. The van der Waals surface area contributed by atoms with Gasteiger partial charge in [0, 0.05) is 19.3 Å². The van der Waals surface area contributed by atoms with E-state index >= 15 is 0 Å². The average Bonchev–Trinajstić information content (AvgIpc) is 2.51. The van der Waals surface area contributed by atoms with Crippen LogP contribution in [0.4, 0.5) is 10.5 Å². The van der Waals surface area contributed by atoms with Crippen LogP contribution in [0.2, 0.25) is 0 Å². The summed E-state index contributed by atoms with van der Waals surface area (Å²) in [6.45, 7) is 1.02. The van der Waals surface area contributed by atoms with Gasteiger partial charge < -0.3 is 19.7 Å². The minimum Gasteiger partial charge on any atom is -0.467 e. The molecule has 0 fully saturated rings. The van der Waals surface area contributed by atoms with E-state index in [1.807, 2.05) is 25.2 Å². The Morgan fingerprint density at radius 1 is 1.29 bits per heavy atom. The monoisotopic (exact) mass is 292 g/mol. The number of amides is 1. The lowest BCUT2D eigenvalue weighted by Crippen LogP contribution is -2.34. The van der Waals surface area contributed by atoms with E-state index in [0.717, 1.165) is 25.1 Å². The summed E-state index contributed by atoms with van der Waals surface area (Å²) in [6.07, 6.45) is 1.36. The number of anilines is 1. The third-order valence-electron chi connectivity index (χ3n) is 3.67. The fraction of sp³-hybridized carbons (Fsp3) is 0.467. The van der Waals surface area contributed by atoms with Gasteiger partial charge in [-0.15, -0.1) is 0 Å². The second-order valence-corrected chi connectivity index (χ2v) is 5.01. The van der Waals surface area contributed by atoms with Crippen LogP contribution >= 0.6 is 0 Å². The maximum atomic E-state index is 11.9. The Kier molecular flexibility index (Phi) is 4.67. The van der Waals surface area contributed by atoms with E-state index in [0.29, 0.717) is 5.56 Å². The highest BCUT2D eigenvalue weighted by atomic mass is 16.5. The van der Waals surface area contributed by atoms with E-state index in [9.17, 15) is 9.59 Å². The quantitative estimate of drug-likeness (QED) is 0.858. The molecule has 1 amide bonds. The number of nitrogens with zero attached hydrogens (tertiary/aromatic N) is 1. The van der Waals surface area contributed by atoms with E-state index < -0.39 is 18.1 Å². The van der Waals surface area contributed by atoms with Crippen LogP contribution in [0, 0.1) is 0 Å². The van der Waals surface area contributed by atoms with Crippen LogP contribution in [0.15, 0.2) is 18.2 Å². The molecule has 21 heavy (non-hydrogen) atoms. The maximum Gasteiger partial charge on any atom is 0.407 e. The zero-order valence-electron chi connectivity index (χ0n) is 12.5. The number of ether oxygens (including phenoxy) is 2. The first-order valence-electron chi connectivity index (χ1n) is 6.83. The van der Waals surface area contributed by atoms with Gasteiger partial charge in [-0.3, -0.25) is 0 Å². The molecule has 0 bridgehead atoms. The number of methoxy groups -OCH3 is 2. The van der Waals surface area contributed by atoms with Crippen molar-refractivity contribution in [2.24, 2.45) is 0 Å². The highest BCUT2D eigenvalue weighted by Gasteiger charge is 2.25. The summed E-state index contributed by atoms with van der Waals surface area (Å²) in [7, 11) is 4.59. The third kappa shape index (κ3) is 3.26. The van der Waals surface area contributed by atoms with Crippen molar-refractivity contribution in [1.82, 2.24) is 5.32 Å². The number of alkyl carbamates (subject to hydrolysis) is 1. The number of hydrogen-bond acceptors (Lipinski definition) is 5. The van der Waals surface area contributed by atoms with Crippen molar-refractivity contribution in [3.63, 3.8) is 0 Å². The second-order valence-electron chi connectivity index (χ2n) is 5.01. The molecule has 0 saturated heterocycles. The lowest BCUT2D eigenvalue weighted by atomic mass is 9.96. The van der Waals surface area contributed by atoms with Crippen LogP contribution in [0.25, 0.3) is 0 Å². The van der Waals surface area contributed by atoms with E-state index in [1.165, 1.54) is 19.8 Å². The Hall–Kier alpha value is -2.24. The number of rotatable bonds is 3. The molecule has 0 radical (unpaired) electrons. The van der Waals surface area contributed by atoms with Crippen molar-refractivity contribution in [1.29, 1.82) is 0 Å². The number of fused-ring (bicyclic) bond motifs is 1. The lowest BCUT2D eigenvalue weighted by molar-refractivity contribution is -0.143. The molecule has 0 saturated carbocycles. The van der Waals surface area contributed by atoms with E-state index in [-0.39, 0.29) is 0 Å². The van der Waals surface area contributed by atoms with Crippen molar-refractivity contribution in [2.45, 2.75) is 18.9 Å². The van der Waals surface area contributed by atoms with Crippen LogP contribution in [-0.2, 0) is 20.7 Å². The van der Waals surface area contributed by atoms with Crippen molar-refractivity contribution >= 4 is 17.7 Å². The number of benzene rings is 1. The standard InChI is InChI=1S/C15H20N2O4/c1-17-8-4-5-10-9-11(6-7-12(10)17)13(14(18)20-2)16-15(19)21-3/h6-7,9,13H,4-5,8H2,1-3H3,(H,16,19)/t13-/m1/s1. The van der Waals surface area contributed by atoms with Gasteiger partial charge in [0.1, 0.15) is 0 Å². The first kappa shape index (κ1) is 15.2. The van der Waals surface area contributed by atoms with Gasteiger partial charge in [0.25, 0.3) is 0 Å². The second kappa shape index (κ2) is 6.47. The fourth-order valence-corrected chi connectivity index (χ4v) is 2.56. The van der Waals surface area contributed by atoms with Gasteiger partial charge in [-0.1, -0.05) is 12.1 Å². The zero-order valence-corrected chi connectivity index (χ0v) is 12.5. The number of nitrogens with one attached hydrogen (secondary N) is 1. The van der Waals surface area contributed by atoms with Gasteiger partial charge in [0.15, 0.2) is 6.04 Å². The average molecular weight is 292 g/mol. The molecule has 6 nitrogen and oxygen atoms in total. The molecule has 1 atom stereocenters. The zero-order chi connectivity index (χ0) is 15.4. The summed E-state index contributed by atoms with van der Waals surface area (Å²) >= 11 is 0. The Labute approximate surface area is 124 Å². The molecule has 0 aliphatic carbocycles. The minimum absolute atomic E-state index is 0.524. The van der Waals surface area contributed by atoms with Crippen LogP contribution in [0.1, 0.15) is 23.6 Å². The number of carbonyl (C=O) groups is 2. The number of hydrogen-bond donors (Lipinski definition) is 1. The Bertz CT molecular complexity index is 544. The van der Waals surface area contributed by atoms with Crippen molar-refractivity contribution < 1.29 is 19.1 Å². The summed E-state index contributed by atoms with van der Waals surface area (Å²) < 4.78 is 9.32. The molecular formula is C15H20N2O4. The third-order valence-corrected chi connectivity index (χ3v) is 3.67.